The molecule has 0 aliphatic rings. The monoisotopic (exact) mass is 426 g/mol. The number of ether oxygens (including phenoxy) is 2. The molecule has 0 aliphatic heterocycles. The molecule has 0 heterocycles. The third-order valence-electron chi connectivity index (χ3n) is 6.54. The Balaban J connectivity index is 1.86. The molecule has 172 valence electrons. The quantitative estimate of drug-likeness (QED) is 0.211. The van der Waals surface area contributed by atoms with E-state index in [1.807, 2.05) is 0 Å². The number of quaternary nitrogens is 1. The normalized spacial score (nSPS) is 11.6. The summed E-state index contributed by atoms with van der Waals surface area (Å²) >= 11 is 0. The molecule has 2 rings (SSSR count). The van der Waals surface area contributed by atoms with Crippen molar-refractivity contribution in [1.29, 1.82) is 0 Å². The van der Waals surface area contributed by atoms with Gasteiger partial charge in [-0.3, -0.25) is 0 Å². The van der Waals surface area contributed by atoms with E-state index in [0.717, 1.165) is 56.0 Å². The Labute approximate surface area is 191 Å². The second-order valence-electron chi connectivity index (χ2n) is 8.69. The Morgan fingerprint density at radius 3 is 1.84 bits per heavy atom. The van der Waals surface area contributed by atoms with E-state index in [1.54, 1.807) is 7.11 Å². The highest BCUT2D eigenvalue weighted by Crippen LogP contribution is 2.24. The minimum atomic E-state index is 0.813. The topological polar surface area (TPSA) is 18.5 Å². The molecule has 0 amide bonds. The van der Waals surface area contributed by atoms with Crippen LogP contribution < -0.4 is 4.74 Å². The van der Waals surface area contributed by atoms with Crippen molar-refractivity contribution in [3.8, 4) is 16.9 Å². The van der Waals surface area contributed by atoms with Crippen molar-refractivity contribution in [2.45, 2.75) is 65.8 Å². The van der Waals surface area contributed by atoms with Crippen molar-refractivity contribution < 1.29 is 14.0 Å². The number of methoxy groups -OCH3 is 1. The summed E-state index contributed by atoms with van der Waals surface area (Å²) < 4.78 is 12.3. The van der Waals surface area contributed by atoms with E-state index in [-0.39, 0.29) is 0 Å². The molecule has 0 saturated heterocycles. The number of hydrogen-bond acceptors (Lipinski definition) is 2. The van der Waals surface area contributed by atoms with E-state index in [2.05, 4.69) is 69.3 Å². The first-order chi connectivity index (χ1) is 15.2. The van der Waals surface area contributed by atoms with Crippen molar-refractivity contribution in [2.24, 2.45) is 0 Å². The number of benzene rings is 2. The molecule has 0 unspecified atom stereocenters. The van der Waals surface area contributed by atoms with Crippen molar-refractivity contribution >= 4 is 0 Å². The van der Waals surface area contributed by atoms with Crippen molar-refractivity contribution in [2.75, 3.05) is 40.0 Å². The second-order valence-corrected chi connectivity index (χ2v) is 8.69. The second kappa shape index (κ2) is 14.3. The minimum absolute atomic E-state index is 0.813. The molecule has 0 saturated carbocycles. The van der Waals surface area contributed by atoms with Gasteiger partial charge in [0, 0.05) is 12.7 Å². The van der Waals surface area contributed by atoms with Crippen LogP contribution in [0.25, 0.3) is 11.1 Å². The van der Waals surface area contributed by atoms with Crippen LogP contribution in [0.5, 0.6) is 5.75 Å². The maximum absolute atomic E-state index is 5.92. The van der Waals surface area contributed by atoms with Gasteiger partial charge in [-0.25, -0.2) is 0 Å². The van der Waals surface area contributed by atoms with Crippen LogP contribution in [0.1, 0.15) is 64.9 Å². The van der Waals surface area contributed by atoms with Crippen LogP contribution >= 0.6 is 0 Å². The van der Waals surface area contributed by atoms with Crippen LogP contribution in [-0.2, 0) is 11.3 Å². The largest absolute Gasteiger partial charge is 0.494 e. The van der Waals surface area contributed by atoms with E-state index in [4.69, 9.17) is 9.47 Å². The first kappa shape index (κ1) is 25.4. The van der Waals surface area contributed by atoms with Crippen LogP contribution in [0, 0.1) is 0 Å². The molecule has 2 aromatic rings. The van der Waals surface area contributed by atoms with Gasteiger partial charge in [0.05, 0.1) is 26.3 Å². The van der Waals surface area contributed by atoms with Gasteiger partial charge in [-0.15, -0.1) is 0 Å². The zero-order valence-corrected chi connectivity index (χ0v) is 20.4. The fourth-order valence-electron chi connectivity index (χ4n) is 4.13. The predicted molar refractivity (Wildman–Crippen MR) is 133 cm³/mol. The van der Waals surface area contributed by atoms with E-state index < -0.39 is 0 Å². The van der Waals surface area contributed by atoms with Crippen LogP contribution in [0.3, 0.4) is 0 Å². The Bertz CT molecular complexity index is 705. The van der Waals surface area contributed by atoms with Crippen LogP contribution in [0.15, 0.2) is 48.5 Å². The summed E-state index contributed by atoms with van der Waals surface area (Å²) in [5.74, 6) is 0.972. The molecule has 0 bridgehead atoms. The van der Waals surface area contributed by atoms with Gasteiger partial charge in [0.25, 0.3) is 0 Å². The fraction of sp³-hybridized carbons (Fsp3) is 0.571. The van der Waals surface area contributed by atoms with Gasteiger partial charge in [0.2, 0.25) is 0 Å². The summed E-state index contributed by atoms with van der Waals surface area (Å²) in [7, 11) is 1.79. The van der Waals surface area contributed by atoms with Gasteiger partial charge in [-0.05, 0) is 43.5 Å². The summed E-state index contributed by atoms with van der Waals surface area (Å²) in [5.41, 5.74) is 3.89. The highest BCUT2D eigenvalue weighted by atomic mass is 16.5. The highest BCUT2D eigenvalue weighted by molar-refractivity contribution is 5.64. The molecular formula is C28H44NO2+. The number of nitrogens with zero attached hydrogens (tertiary/aromatic N) is 1. The minimum Gasteiger partial charge on any atom is -0.494 e. The molecule has 0 spiro atoms. The van der Waals surface area contributed by atoms with E-state index in [1.165, 1.54) is 48.8 Å². The number of hydrogen-bond donors (Lipinski definition) is 0. The molecule has 2 aromatic carbocycles. The Morgan fingerprint density at radius 1 is 0.677 bits per heavy atom. The lowest BCUT2D eigenvalue weighted by Crippen LogP contribution is -2.48. The van der Waals surface area contributed by atoms with Gasteiger partial charge in [0.1, 0.15) is 18.8 Å². The lowest BCUT2D eigenvalue weighted by molar-refractivity contribution is -0.938. The average molecular weight is 427 g/mol. The molecule has 0 aliphatic carbocycles. The SMILES string of the molecule is CCCCCCCCOc1ccc(-c2ccc(C[N+](CC)(CC)CCOC)cc2)cc1. The molecule has 0 fully saturated rings. The Hall–Kier alpha value is -1.84. The zero-order valence-electron chi connectivity index (χ0n) is 20.4. The van der Waals surface area contributed by atoms with E-state index in [0.29, 0.717) is 0 Å². The van der Waals surface area contributed by atoms with Crippen molar-refractivity contribution in [1.82, 2.24) is 0 Å². The molecule has 3 nitrogen and oxygen atoms in total. The first-order valence-corrected chi connectivity index (χ1v) is 12.3. The molecule has 31 heavy (non-hydrogen) atoms. The van der Waals surface area contributed by atoms with Gasteiger partial charge >= 0.3 is 0 Å². The summed E-state index contributed by atoms with van der Waals surface area (Å²) in [6.07, 6.45) is 7.76. The number of likely N-dealkylation sites (N-methyl/N-ethyl adjacent to an activating group) is 1. The zero-order chi connectivity index (χ0) is 22.4. The summed E-state index contributed by atoms with van der Waals surface area (Å²) in [6, 6.07) is 17.6. The standard InChI is InChI=1S/C28H44NO2/c1-5-8-9-10-11-12-22-31-28-19-17-27(18-20-28)26-15-13-25(14-16-26)24-29(6-2,7-3)21-23-30-4/h13-20H,5-12,21-24H2,1-4H3/q+1. The fourth-order valence-corrected chi connectivity index (χ4v) is 4.13. The summed E-state index contributed by atoms with van der Waals surface area (Å²) in [6.45, 7) is 12.8. The molecule has 0 radical (unpaired) electrons. The molecular weight excluding hydrogens is 382 g/mol. The highest BCUT2D eigenvalue weighted by Gasteiger charge is 2.23. The summed E-state index contributed by atoms with van der Waals surface area (Å²) in [4.78, 5) is 0. The van der Waals surface area contributed by atoms with Gasteiger partial charge in [0.15, 0.2) is 0 Å². The van der Waals surface area contributed by atoms with Gasteiger partial charge in [-0.1, -0.05) is 75.4 Å². The van der Waals surface area contributed by atoms with Gasteiger partial charge in [-0.2, -0.15) is 0 Å². The smallest absolute Gasteiger partial charge is 0.119 e. The van der Waals surface area contributed by atoms with E-state index in [9.17, 15) is 0 Å². The number of unbranched alkanes of at least 4 members (excludes halogenated alkanes) is 5. The number of rotatable bonds is 16. The van der Waals surface area contributed by atoms with Crippen LogP contribution in [0.2, 0.25) is 0 Å². The van der Waals surface area contributed by atoms with Crippen LogP contribution in [0.4, 0.5) is 0 Å². The molecule has 0 N–H and O–H groups in total. The van der Waals surface area contributed by atoms with E-state index >= 15 is 0 Å². The van der Waals surface area contributed by atoms with Crippen molar-refractivity contribution in [3.63, 3.8) is 0 Å². The lowest BCUT2D eigenvalue weighted by Gasteiger charge is -2.36. The van der Waals surface area contributed by atoms with Crippen molar-refractivity contribution in [3.05, 3.63) is 54.1 Å². The molecule has 0 aromatic heterocycles. The molecule has 3 heteroatoms. The van der Waals surface area contributed by atoms with Gasteiger partial charge < -0.3 is 14.0 Å². The lowest BCUT2D eigenvalue weighted by atomic mass is 10.0. The third-order valence-corrected chi connectivity index (χ3v) is 6.54. The summed E-state index contributed by atoms with van der Waals surface area (Å²) in [5, 5.41) is 0. The third kappa shape index (κ3) is 8.66. The maximum Gasteiger partial charge on any atom is 0.119 e. The van der Waals surface area contributed by atoms with Crippen LogP contribution in [-0.4, -0.2) is 44.4 Å². The predicted octanol–water partition coefficient (Wildman–Crippen LogP) is 7.10. The Kier molecular flexibility index (Phi) is 11.7. The first-order valence-electron chi connectivity index (χ1n) is 12.3. The Morgan fingerprint density at radius 2 is 1.26 bits per heavy atom. The molecule has 0 atom stereocenters. The average Bonchev–Trinajstić information content (AvgIpc) is 2.82. The maximum atomic E-state index is 5.92.